The van der Waals surface area contributed by atoms with Crippen LogP contribution in [-0.2, 0) is 10.8 Å². The highest BCUT2D eigenvalue weighted by atomic mass is 16.3. The first kappa shape index (κ1) is 18.6. The predicted molar refractivity (Wildman–Crippen MR) is 123 cm³/mol. The topological polar surface area (TPSA) is 19.6 Å². The summed E-state index contributed by atoms with van der Waals surface area (Å²) < 4.78 is 6.79. The molecular formula is C26H32N2O. The first-order valence-corrected chi connectivity index (χ1v) is 10.8. The zero-order valence-electron chi connectivity index (χ0n) is 18.8. The van der Waals surface area contributed by atoms with Gasteiger partial charge in [0.25, 0.3) is 0 Å². The van der Waals surface area contributed by atoms with Crippen molar-refractivity contribution in [2.24, 2.45) is 0 Å². The van der Waals surface area contributed by atoms with Gasteiger partial charge in [-0.1, -0.05) is 52.0 Å². The van der Waals surface area contributed by atoms with Crippen molar-refractivity contribution in [2.45, 2.75) is 71.4 Å². The number of hydrogen-bond donors (Lipinski definition) is 0. The summed E-state index contributed by atoms with van der Waals surface area (Å²) in [5.41, 5.74) is 7.71. The van der Waals surface area contributed by atoms with Crippen LogP contribution in [0.25, 0.3) is 21.9 Å². The molecule has 5 rings (SSSR count). The van der Waals surface area contributed by atoms with E-state index in [1.54, 1.807) is 0 Å². The molecule has 152 valence electrons. The van der Waals surface area contributed by atoms with Crippen molar-refractivity contribution < 1.29 is 4.42 Å². The number of fused-ring (bicyclic) bond motifs is 5. The Labute approximate surface area is 174 Å². The van der Waals surface area contributed by atoms with E-state index in [1.807, 2.05) is 0 Å². The van der Waals surface area contributed by atoms with Gasteiger partial charge in [-0.15, -0.1) is 0 Å². The van der Waals surface area contributed by atoms with Crippen molar-refractivity contribution in [3.05, 3.63) is 53.4 Å². The summed E-state index contributed by atoms with van der Waals surface area (Å²) in [5.74, 6) is 0. The van der Waals surface area contributed by atoms with E-state index in [0.29, 0.717) is 0 Å². The third-order valence-corrected chi connectivity index (χ3v) is 7.48. The Kier molecular flexibility index (Phi) is 3.73. The van der Waals surface area contributed by atoms with Crippen LogP contribution in [0.15, 0.2) is 41.1 Å². The van der Waals surface area contributed by atoms with Gasteiger partial charge in [0.2, 0.25) is 0 Å². The van der Waals surface area contributed by atoms with Crippen molar-refractivity contribution >= 4 is 27.6 Å². The van der Waals surface area contributed by atoms with Crippen LogP contribution in [0.2, 0.25) is 0 Å². The fourth-order valence-corrected chi connectivity index (χ4v) is 5.31. The zero-order chi connectivity index (χ0) is 20.7. The van der Waals surface area contributed by atoms with Crippen molar-refractivity contribution in [3.63, 3.8) is 0 Å². The van der Waals surface area contributed by atoms with Crippen LogP contribution in [-0.4, -0.2) is 18.1 Å². The molecule has 0 radical (unpaired) electrons. The molecule has 1 aliphatic heterocycles. The summed E-state index contributed by atoms with van der Waals surface area (Å²) in [6, 6.07) is 9.12. The number of hydrogen-bond acceptors (Lipinski definition) is 3. The summed E-state index contributed by atoms with van der Waals surface area (Å²) >= 11 is 0. The molecule has 1 aromatic heterocycles. The third-order valence-electron chi connectivity index (χ3n) is 7.48. The fourth-order valence-electron chi connectivity index (χ4n) is 5.31. The van der Waals surface area contributed by atoms with Crippen LogP contribution < -0.4 is 4.90 Å². The number of benzene rings is 2. The van der Waals surface area contributed by atoms with Crippen LogP contribution >= 0.6 is 0 Å². The van der Waals surface area contributed by atoms with Crippen molar-refractivity contribution in [1.82, 2.24) is 4.90 Å². The summed E-state index contributed by atoms with van der Waals surface area (Å²) in [6.07, 6.45) is 6.98. The van der Waals surface area contributed by atoms with Gasteiger partial charge in [-0.2, -0.15) is 0 Å². The van der Waals surface area contributed by atoms with Gasteiger partial charge in [0, 0.05) is 35.8 Å². The first-order chi connectivity index (χ1) is 13.6. The Hall–Kier alpha value is -2.42. The number of anilines is 1. The summed E-state index contributed by atoms with van der Waals surface area (Å²) in [4.78, 5) is 4.57. The molecule has 0 bridgehead atoms. The molecule has 0 saturated heterocycles. The lowest BCUT2D eigenvalue weighted by molar-refractivity contribution is 0.331. The zero-order valence-corrected chi connectivity index (χ0v) is 18.8. The largest absolute Gasteiger partial charge is 0.454 e. The minimum atomic E-state index is 0.120. The minimum absolute atomic E-state index is 0.120. The molecule has 3 nitrogen and oxygen atoms in total. The lowest BCUT2D eigenvalue weighted by Gasteiger charge is -2.41. The highest BCUT2D eigenvalue weighted by molar-refractivity contribution is 6.11. The highest BCUT2D eigenvalue weighted by Crippen LogP contribution is 2.51. The summed E-state index contributed by atoms with van der Waals surface area (Å²) in [5, 5.41) is 2.47. The maximum atomic E-state index is 6.79. The monoisotopic (exact) mass is 388 g/mol. The van der Waals surface area contributed by atoms with Gasteiger partial charge in [-0.25, -0.2) is 0 Å². The lowest BCUT2D eigenvalue weighted by atomic mass is 9.63. The summed E-state index contributed by atoms with van der Waals surface area (Å²) in [7, 11) is 2.12. The van der Waals surface area contributed by atoms with E-state index in [1.165, 1.54) is 46.0 Å². The van der Waals surface area contributed by atoms with E-state index in [4.69, 9.17) is 4.42 Å². The van der Waals surface area contributed by atoms with Gasteiger partial charge in [0.1, 0.15) is 11.7 Å². The van der Waals surface area contributed by atoms with Gasteiger partial charge in [0.05, 0.1) is 5.69 Å². The third kappa shape index (κ3) is 2.49. The van der Waals surface area contributed by atoms with E-state index in [-0.39, 0.29) is 17.0 Å². The smallest absolute Gasteiger partial charge is 0.159 e. The van der Waals surface area contributed by atoms with E-state index in [0.717, 1.165) is 11.2 Å². The van der Waals surface area contributed by atoms with Crippen molar-refractivity contribution in [1.29, 1.82) is 0 Å². The molecule has 29 heavy (non-hydrogen) atoms. The summed E-state index contributed by atoms with van der Waals surface area (Å²) in [6.45, 7) is 13.9. The van der Waals surface area contributed by atoms with Gasteiger partial charge in [-0.3, -0.25) is 0 Å². The normalized spacial score (nSPS) is 22.7. The molecule has 0 spiro atoms. The Morgan fingerprint density at radius 2 is 1.55 bits per heavy atom. The highest BCUT2D eigenvalue weighted by Gasteiger charge is 2.39. The average molecular weight is 389 g/mol. The number of nitrogens with zero attached hydrogens (tertiary/aromatic N) is 2. The number of furan rings is 1. The fraction of sp³-hybridized carbons (Fsp3) is 0.462. The van der Waals surface area contributed by atoms with Gasteiger partial charge < -0.3 is 14.2 Å². The molecular weight excluding hydrogens is 356 g/mol. The molecule has 0 amide bonds. The molecule has 0 saturated carbocycles. The Balaban J connectivity index is 1.86. The molecule has 2 heterocycles. The van der Waals surface area contributed by atoms with Gasteiger partial charge in [-0.05, 0) is 48.6 Å². The number of aryl methyl sites for hydroxylation is 1. The number of rotatable bonds is 1. The molecule has 2 aromatic carbocycles. The quantitative estimate of drug-likeness (QED) is 0.456. The molecule has 1 atom stereocenters. The molecule has 0 unspecified atom stereocenters. The maximum absolute atomic E-state index is 6.79. The Morgan fingerprint density at radius 3 is 2.24 bits per heavy atom. The maximum Gasteiger partial charge on any atom is 0.159 e. The van der Waals surface area contributed by atoms with Gasteiger partial charge in [0.15, 0.2) is 5.58 Å². The molecule has 3 heteroatoms. The van der Waals surface area contributed by atoms with Crippen molar-refractivity contribution in [3.8, 4) is 0 Å². The molecule has 3 aromatic rings. The standard InChI is InChI=1S/C26H32N2O/c1-16-8-9-19-18-10-11-20-21(26(5,6)13-12-25(20,3)4)23(18)29-24(19)22(16)28-15-14-27(7)17(28)2/h8-11,14-15,17H,12-13H2,1-7H3/t17-/m0/s1. The molecule has 2 aliphatic rings. The molecule has 1 aliphatic carbocycles. The second-order valence-electron chi connectivity index (χ2n) is 10.3. The van der Waals surface area contributed by atoms with Crippen LogP contribution in [0.1, 0.15) is 64.2 Å². The van der Waals surface area contributed by atoms with E-state index < -0.39 is 0 Å². The van der Waals surface area contributed by atoms with Crippen LogP contribution in [0.3, 0.4) is 0 Å². The van der Waals surface area contributed by atoms with Crippen LogP contribution in [0.4, 0.5) is 5.69 Å². The van der Waals surface area contributed by atoms with E-state index in [9.17, 15) is 0 Å². The second-order valence-corrected chi connectivity index (χ2v) is 10.3. The first-order valence-electron chi connectivity index (χ1n) is 10.8. The van der Waals surface area contributed by atoms with Crippen molar-refractivity contribution in [2.75, 3.05) is 11.9 Å². The minimum Gasteiger partial charge on any atom is -0.454 e. The Morgan fingerprint density at radius 1 is 0.897 bits per heavy atom. The van der Waals surface area contributed by atoms with Crippen LogP contribution in [0, 0.1) is 6.92 Å². The average Bonchev–Trinajstić information content (AvgIpc) is 3.19. The van der Waals surface area contributed by atoms with E-state index >= 15 is 0 Å². The Bertz CT molecular complexity index is 1160. The molecule has 0 N–H and O–H groups in total. The predicted octanol–water partition coefficient (Wildman–Crippen LogP) is 6.81. The van der Waals surface area contributed by atoms with Crippen LogP contribution in [0.5, 0.6) is 0 Å². The SMILES string of the molecule is Cc1ccc2c(oc3c4c(ccc32)C(C)(C)CCC4(C)C)c1N1C=CN(C)[C@@H]1C. The van der Waals surface area contributed by atoms with Gasteiger partial charge >= 0.3 is 0 Å². The lowest BCUT2D eigenvalue weighted by Crippen LogP contribution is -2.34. The van der Waals surface area contributed by atoms with E-state index in [2.05, 4.69) is 95.1 Å². The molecule has 0 fully saturated rings. The second kappa shape index (κ2) is 5.81.